The van der Waals surface area contributed by atoms with Crippen molar-refractivity contribution >= 4 is 10.9 Å². The molecule has 1 aromatic carbocycles. The average Bonchev–Trinajstić information content (AvgIpc) is 2.76. The Kier molecular flexibility index (Phi) is 3.50. The van der Waals surface area contributed by atoms with Gasteiger partial charge in [0.2, 0.25) is 0 Å². The van der Waals surface area contributed by atoms with Crippen LogP contribution in [0.15, 0.2) is 30.5 Å². The van der Waals surface area contributed by atoms with Crippen molar-refractivity contribution in [1.29, 1.82) is 0 Å². The zero-order valence-electron chi connectivity index (χ0n) is 10.7. The molecule has 2 aromatic rings. The van der Waals surface area contributed by atoms with Gasteiger partial charge in [0, 0.05) is 31.9 Å². The number of aromatic amines is 1. The number of hydrogen-bond donors (Lipinski definition) is 2. The van der Waals surface area contributed by atoms with Crippen LogP contribution in [0.5, 0.6) is 0 Å². The lowest BCUT2D eigenvalue weighted by molar-refractivity contribution is 0.0231. The number of benzene rings is 1. The third-order valence-electron chi connectivity index (χ3n) is 3.05. The maximum atomic E-state index is 5.37. The third kappa shape index (κ3) is 3.08. The summed E-state index contributed by atoms with van der Waals surface area (Å²) in [6.07, 6.45) is 1.97. The molecule has 0 amide bonds. The number of rotatable bonds is 5. The van der Waals surface area contributed by atoms with Crippen LogP contribution < -0.4 is 5.32 Å². The largest absolute Gasteiger partial charge is 0.377 e. The second kappa shape index (κ2) is 4.90. The minimum Gasteiger partial charge on any atom is -0.377 e. The van der Waals surface area contributed by atoms with Crippen molar-refractivity contribution in [2.45, 2.75) is 26.0 Å². The quantitative estimate of drug-likeness (QED) is 0.831. The number of nitrogens with one attached hydrogen (secondary N) is 2. The maximum absolute atomic E-state index is 5.37. The molecule has 0 aliphatic heterocycles. The van der Waals surface area contributed by atoms with Crippen molar-refractivity contribution in [3.8, 4) is 0 Å². The van der Waals surface area contributed by atoms with Crippen molar-refractivity contribution in [3.63, 3.8) is 0 Å². The zero-order valence-corrected chi connectivity index (χ0v) is 10.7. The van der Waals surface area contributed by atoms with E-state index in [9.17, 15) is 0 Å². The fourth-order valence-electron chi connectivity index (χ4n) is 1.79. The van der Waals surface area contributed by atoms with Crippen molar-refractivity contribution in [2.75, 3.05) is 13.7 Å². The van der Waals surface area contributed by atoms with Crippen LogP contribution in [-0.2, 0) is 11.3 Å². The molecule has 0 spiro atoms. The Morgan fingerprint density at radius 2 is 2.12 bits per heavy atom. The van der Waals surface area contributed by atoms with Gasteiger partial charge < -0.3 is 15.0 Å². The molecule has 1 aromatic heterocycles. The number of methoxy groups -OCH3 is 1. The molecule has 92 valence electrons. The zero-order chi connectivity index (χ0) is 12.3. The predicted molar refractivity (Wildman–Crippen MR) is 71.1 cm³/mol. The lowest BCUT2D eigenvalue weighted by Gasteiger charge is -2.23. The Labute approximate surface area is 102 Å². The van der Waals surface area contributed by atoms with Gasteiger partial charge in [0.1, 0.15) is 0 Å². The van der Waals surface area contributed by atoms with Gasteiger partial charge in [-0.05, 0) is 43.0 Å². The summed E-state index contributed by atoms with van der Waals surface area (Å²) in [4.78, 5) is 3.20. The smallest absolute Gasteiger partial charge is 0.0746 e. The van der Waals surface area contributed by atoms with Crippen molar-refractivity contribution in [1.82, 2.24) is 10.3 Å². The van der Waals surface area contributed by atoms with E-state index < -0.39 is 0 Å². The summed E-state index contributed by atoms with van der Waals surface area (Å²) in [6, 6.07) is 8.57. The van der Waals surface area contributed by atoms with Crippen LogP contribution >= 0.6 is 0 Å². The van der Waals surface area contributed by atoms with Crippen LogP contribution in [0.4, 0.5) is 0 Å². The second-order valence-corrected chi connectivity index (χ2v) is 4.97. The Balaban J connectivity index is 1.95. The SMILES string of the molecule is COC(C)(C)CNCc1ccc2[nH]ccc2c1. The van der Waals surface area contributed by atoms with E-state index in [0.717, 1.165) is 13.1 Å². The fourth-order valence-corrected chi connectivity index (χ4v) is 1.79. The Bertz CT molecular complexity index is 488. The van der Waals surface area contributed by atoms with E-state index in [1.54, 1.807) is 7.11 Å². The number of fused-ring (bicyclic) bond motifs is 1. The van der Waals surface area contributed by atoms with E-state index in [1.807, 2.05) is 6.20 Å². The van der Waals surface area contributed by atoms with Gasteiger partial charge in [0.05, 0.1) is 5.60 Å². The average molecular weight is 232 g/mol. The van der Waals surface area contributed by atoms with Gasteiger partial charge in [0.25, 0.3) is 0 Å². The van der Waals surface area contributed by atoms with Gasteiger partial charge >= 0.3 is 0 Å². The van der Waals surface area contributed by atoms with E-state index in [0.29, 0.717) is 0 Å². The van der Waals surface area contributed by atoms with Gasteiger partial charge in [0.15, 0.2) is 0 Å². The molecule has 0 radical (unpaired) electrons. The molecular formula is C14H20N2O. The molecule has 0 saturated heterocycles. The van der Waals surface area contributed by atoms with E-state index in [2.05, 4.69) is 48.4 Å². The van der Waals surface area contributed by atoms with E-state index in [4.69, 9.17) is 4.74 Å². The Morgan fingerprint density at radius 3 is 2.88 bits per heavy atom. The highest BCUT2D eigenvalue weighted by molar-refractivity contribution is 5.79. The highest BCUT2D eigenvalue weighted by Crippen LogP contribution is 2.14. The molecule has 0 unspecified atom stereocenters. The first-order chi connectivity index (χ1) is 8.11. The number of aromatic nitrogens is 1. The summed E-state index contributed by atoms with van der Waals surface area (Å²) in [5.41, 5.74) is 2.37. The lowest BCUT2D eigenvalue weighted by atomic mass is 10.1. The molecule has 17 heavy (non-hydrogen) atoms. The molecule has 0 aliphatic carbocycles. The summed E-state index contributed by atoms with van der Waals surface area (Å²) in [6.45, 7) is 5.87. The van der Waals surface area contributed by atoms with Crippen LogP contribution in [-0.4, -0.2) is 24.2 Å². The highest BCUT2D eigenvalue weighted by atomic mass is 16.5. The molecule has 2 N–H and O–H groups in total. The van der Waals surface area contributed by atoms with Gasteiger partial charge in [-0.15, -0.1) is 0 Å². The minimum absolute atomic E-state index is 0.113. The Morgan fingerprint density at radius 1 is 1.29 bits per heavy atom. The molecule has 0 bridgehead atoms. The van der Waals surface area contributed by atoms with E-state index in [-0.39, 0.29) is 5.60 Å². The van der Waals surface area contributed by atoms with Gasteiger partial charge in [-0.25, -0.2) is 0 Å². The molecule has 0 aliphatic rings. The van der Waals surface area contributed by atoms with Crippen LogP contribution in [0.25, 0.3) is 10.9 Å². The summed E-state index contributed by atoms with van der Waals surface area (Å²) in [5, 5.41) is 4.67. The molecule has 0 fully saturated rings. The molecule has 2 rings (SSSR count). The topological polar surface area (TPSA) is 37.0 Å². The monoisotopic (exact) mass is 232 g/mol. The first-order valence-electron chi connectivity index (χ1n) is 5.93. The van der Waals surface area contributed by atoms with Gasteiger partial charge in [-0.2, -0.15) is 0 Å². The van der Waals surface area contributed by atoms with Crippen LogP contribution in [0.3, 0.4) is 0 Å². The molecule has 3 nitrogen and oxygen atoms in total. The predicted octanol–water partition coefficient (Wildman–Crippen LogP) is 2.68. The normalized spacial score (nSPS) is 12.2. The van der Waals surface area contributed by atoms with Crippen molar-refractivity contribution in [2.24, 2.45) is 0 Å². The number of H-pyrrole nitrogens is 1. The van der Waals surface area contributed by atoms with Crippen molar-refractivity contribution in [3.05, 3.63) is 36.0 Å². The Hall–Kier alpha value is -1.32. The second-order valence-electron chi connectivity index (χ2n) is 4.97. The number of ether oxygens (including phenoxy) is 1. The highest BCUT2D eigenvalue weighted by Gasteiger charge is 2.14. The van der Waals surface area contributed by atoms with E-state index >= 15 is 0 Å². The van der Waals surface area contributed by atoms with Crippen LogP contribution in [0, 0.1) is 0 Å². The summed E-state index contributed by atoms with van der Waals surface area (Å²) < 4.78 is 5.37. The lowest BCUT2D eigenvalue weighted by Crippen LogP contribution is -2.36. The van der Waals surface area contributed by atoms with Crippen molar-refractivity contribution < 1.29 is 4.74 Å². The van der Waals surface area contributed by atoms with Crippen LogP contribution in [0.2, 0.25) is 0 Å². The molecule has 0 atom stereocenters. The van der Waals surface area contributed by atoms with Gasteiger partial charge in [-0.1, -0.05) is 6.07 Å². The first-order valence-corrected chi connectivity index (χ1v) is 5.93. The fraction of sp³-hybridized carbons (Fsp3) is 0.429. The molecule has 3 heteroatoms. The number of hydrogen-bond acceptors (Lipinski definition) is 2. The molecule has 0 saturated carbocycles. The molecule has 1 heterocycles. The summed E-state index contributed by atoms with van der Waals surface area (Å²) >= 11 is 0. The molecular weight excluding hydrogens is 212 g/mol. The first kappa shape index (κ1) is 12.1. The summed E-state index contributed by atoms with van der Waals surface area (Å²) in [5.74, 6) is 0. The third-order valence-corrected chi connectivity index (χ3v) is 3.05. The standard InChI is InChI=1S/C14H20N2O/c1-14(2,17-3)10-15-9-11-4-5-13-12(8-11)6-7-16-13/h4-8,15-16H,9-10H2,1-3H3. The van der Waals surface area contributed by atoms with Gasteiger partial charge in [-0.3, -0.25) is 0 Å². The maximum Gasteiger partial charge on any atom is 0.0746 e. The van der Waals surface area contributed by atoms with Crippen LogP contribution in [0.1, 0.15) is 19.4 Å². The van der Waals surface area contributed by atoms with E-state index in [1.165, 1.54) is 16.5 Å². The minimum atomic E-state index is -0.113. The summed E-state index contributed by atoms with van der Waals surface area (Å²) in [7, 11) is 1.74.